The van der Waals surface area contributed by atoms with Crippen molar-refractivity contribution in [1.82, 2.24) is 4.90 Å². The van der Waals surface area contributed by atoms with Crippen LogP contribution in [0, 0.1) is 0 Å². The number of carbonyl (C=O) groups is 3. The Kier molecular flexibility index (Phi) is 5.73. The van der Waals surface area contributed by atoms with E-state index < -0.39 is 22.6 Å². The topological polar surface area (TPSA) is 83.9 Å². The summed E-state index contributed by atoms with van der Waals surface area (Å²) in [5.74, 6) is -2.46. The molecule has 30 heavy (non-hydrogen) atoms. The van der Waals surface area contributed by atoms with Gasteiger partial charge in [0.15, 0.2) is 0 Å². The molecule has 0 bridgehead atoms. The van der Waals surface area contributed by atoms with Crippen molar-refractivity contribution in [2.45, 2.75) is 31.1 Å². The number of carbonyl (C=O) groups excluding carboxylic acids is 3. The number of thioether (sulfide) groups is 1. The van der Waals surface area contributed by atoms with Gasteiger partial charge in [-0.1, -0.05) is 12.1 Å². The Morgan fingerprint density at radius 3 is 2.57 bits per heavy atom. The molecule has 2 aromatic rings. The van der Waals surface area contributed by atoms with Crippen LogP contribution in [0.1, 0.15) is 31.1 Å². The normalized spacial score (nSPS) is 23.3. The smallest absolute Gasteiger partial charge is 0.281 e. The van der Waals surface area contributed by atoms with Crippen LogP contribution in [0.5, 0.6) is 0 Å². The number of likely N-dealkylation sites (N-methyl/N-ethyl adjacent to an activating group) is 1. The van der Waals surface area contributed by atoms with Gasteiger partial charge < -0.3 is 0 Å². The van der Waals surface area contributed by atoms with Crippen LogP contribution in [0.15, 0.2) is 35.7 Å². The Labute approximate surface area is 186 Å². The average molecular weight is 466 g/mol. The van der Waals surface area contributed by atoms with E-state index in [0.717, 1.165) is 11.3 Å². The Balaban J connectivity index is 1.38. The summed E-state index contributed by atoms with van der Waals surface area (Å²) >= 11 is 5.11. The third-order valence-electron chi connectivity index (χ3n) is 5.25. The van der Waals surface area contributed by atoms with E-state index in [1.807, 2.05) is 17.9 Å². The molecule has 4 heterocycles. The highest BCUT2D eigenvalue weighted by Crippen LogP contribution is 2.50. The number of hydrogen-bond donors (Lipinski definition) is 1. The number of rotatable bonds is 6. The molecule has 0 saturated carbocycles. The first kappa shape index (κ1) is 21.4. The highest BCUT2D eigenvalue weighted by atomic mass is 32.2. The van der Waals surface area contributed by atoms with Gasteiger partial charge in [0.05, 0.1) is 17.7 Å². The van der Waals surface area contributed by atoms with E-state index in [-0.39, 0.29) is 24.3 Å². The fraction of sp³-hybridized carbons (Fsp3) is 0.350. The first-order valence-electron chi connectivity index (χ1n) is 9.37. The number of amides is 2. The zero-order valence-electron chi connectivity index (χ0n) is 16.5. The molecule has 0 aliphatic carbocycles. The molecule has 1 unspecified atom stereocenters. The second kappa shape index (κ2) is 8.03. The van der Waals surface area contributed by atoms with Crippen LogP contribution >= 0.6 is 34.4 Å². The summed E-state index contributed by atoms with van der Waals surface area (Å²) in [6.45, 7) is 1.87. The Morgan fingerprint density at radius 2 is 1.90 bits per heavy atom. The summed E-state index contributed by atoms with van der Waals surface area (Å²) in [5, 5.41) is 12.1. The van der Waals surface area contributed by atoms with Gasteiger partial charge in [-0.05, 0) is 44.0 Å². The predicted octanol–water partition coefficient (Wildman–Crippen LogP) is 4.11. The molecule has 158 valence electrons. The third-order valence-corrected chi connectivity index (χ3v) is 9.08. The van der Waals surface area contributed by atoms with E-state index in [9.17, 15) is 19.6 Å². The minimum absolute atomic E-state index is 0.131. The molecule has 1 fully saturated rings. The molecule has 2 aliphatic rings. The number of imide groups is 1. The number of quaternary nitrogens is 1. The maximum absolute atomic E-state index is 12.3. The largest absolute Gasteiger partial charge is 0.397 e. The zero-order chi connectivity index (χ0) is 21.5. The number of thiophene rings is 2. The van der Waals surface area contributed by atoms with Crippen LogP contribution in [0.2, 0.25) is 0 Å². The second-order valence-corrected chi connectivity index (χ2v) is 10.9. The van der Waals surface area contributed by atoms with E-state index in [1.165, 1.54) is 14.6 Å². The lowest BCUT2D eigenvalue weighted by Crippen LogP contribution is -2.53. The van der Waals surface area contributed by atoms with Gasteiger partial charge in [0.2, 0.25) is 0 Å². The fourth-order valence-corrected chi connectivity index (χ4v) is 6.53. The van der Waals surface area contributed by atoms with Gasteiger partial charge in [-0.3, -0.25) is 4.90 Å². The molecule has 2 amide bonds. The van der Waals surface area contributed by atoms with Gasteiger partial charge in [0.25, 0.3) is 0 Å². The average Bonchev–Trinajstić information content (AvgIpc) is 3.47. The molecular weight excluding hydrogens is 444 g/mol. The monoisotopic (exact) mass is 465 g/mol. The van der Waals surface area contributed by atoms with Crippen molar-refractivity contribution in [1.29, 1.82) is 0 Å². The van der Waals surface area contributed by atoms with E-state index in [0.29, 0.717) is 0 Å². The zero-order valence-corrected chi connectivity index (χ0v) is 18.9. The van der Waals surface area contributed by atoms with Crippen molar-refractivity contribution in [2.24, 2.45) is 0 Å². The van der Waals surface area contributed by atoms with Crippen LogP contribution in [0.25, 0.3) is 14.7 Å². The van der Waals surface area contributed by atoms with Crippen molar-refractivity contribution < 1.29 is 29.2 Å². The molecule has 0 aromatic carbocycles. The maximum atomic E-state index is 12.3. The van der Waals surface area contributed by atoms with E-state index >= 15 is 0 Å². The van der Waals surface area contributed by atoms with Crippen LogP contribution in [0.3, 0.4) is 0 Å². The lowest BCUT2D eigenvalue weighted by molar-refractivity contribution is -1.12. The van der Waals surface area contributed by atoms with E-state index in [1.54, 1.807) is 41.5 Å². The SMILES string of the molecule is CN(CC(=O)O[N+]1(O)C(=O)CCC1=O)C1(C)CC=C(c2ccc(-c3cccs3)s2)S1. The Bertz CT molecular complexity index is 1010. The maximum Gasteiger partial charge on any atom is 0.397 e. The molecule has 1 atom stereocenters. The molecule has 1 saturated heterocycles. The van der Waals surface area contributed by atoms with Crippen LogP contribution in [0.4, 0.5) is 0 Å². The van der Waals surface area contributed by atoms with E-state index in [2.05, 4.69) is 29.7 Å². The van der Waals surface area contributed by atoms with Crippen molar-refractivity contribution in [3.63, 3.8) is 0 Å². The molecule has 2 aliphatic heterocycles. The third kappa shape index (κ3) is 3.91. The van der Waals surface area contributed by atoms with Crippen molar-refractivity contribution >= 4 is 57.1 Å². The molecule has 1 N–H and O–H groups in total. The Hall–Kier alpha value is -1.82. The standard InChI is InChI=1S/C20H21N2O5S3/c1-20(21(2)12-19(25)27-22(26)17(23)7-8-18(22)24)10-9-16(30-20)15-6-5-14(29-15)13-4-3-11-28-13/h3-6,9,11,26H,7-8,10,12H2,1-2H3/q+1. The second-order valence-electron chi connectivity index (χ2n) is 7.37. The lowest BCUT2D eigenvalue weighted by Gasteiger charge is -2.34. The lowest BCUT2D eigenvalue weighted by atomic mass is 10.2. The molecular formula is C20H21N2O5S3+. The number of hydrogen-bond acceptors (Lipinski definition) is 9. The number of hydroxylamine groups is 4. The first-order chi connectivity index (χ1) is 14.2. The summed E-state index contributed by atoms with van der Waals surface area (Å²) in [6, 6.07) is 8.38. The van der Waals surface area contributed by atoms with Gasteiger partial charge in [0, 0.05) is 19.5 Å². The van der Waals surface area contributed by atoms with Gasteiger partial charge in [-0.25, -0.2) is 19.2 Å². The minimum atomic E-state index is -1.87. The van der Waals surface area contributed by atoms with Crippen molar-refractivity contribution in [3.8, 4) is 9.75 Å². The summed E-state index contributed by atoms with van der Waals surface area (Å²) in [7, 11) is 1.78. The van der Waals surface area contributed by atoms with Crippen molar-refractivity contribution in [2.75, 3.05) is 13.6 Å². The van der Waals surface area contributed by atoms with Crippen molar-refractivity contribution in [3.05, 3.63) is 40.6 Å². The van der Waals surface area contributed by atoms with Gasteiger partial charge in [0.1, 0.15) is 11.4 Å². The van der Waals surface area contributed by atoms with Gasteiger partial charge in [-0.15, -0.1) is 34.4 Å². The van der Waals surface area contributed by atoms with Gasteiger partial charge in [-0.2, -0.15) is 5.21 Å². The van der Waals surface area contributed by atoms with Crippen LogP contribution in [-0.4, -0.2) is 51.2 Å². The predicted molar refractivity (Wildman–Crippen MR) is 116 cm³/mol. The summed E-state index contributed by atoms with van der Waals surface area (Å²) < 4.78 is 0. The molecule has 4 rings (SSSR count). The summed E-state index contributed by atoms with van der Waals surface area (Å²) in [5.41, 5.74) is 0. The molecule has 7 nitrogen and oxygen atoms in total. The van der Waals surface area contributed by atoms with Crippen LogP contribution < -0.4 is 0 Å². The van der Waals surface area contributed by atoms with Crippen LogP contribution in [-0.2, 0) is 19.2 Å². The summed E-state index contributed by atoms with van der Waals surface area (Å²) in [4.78, 5) is 45.0. The molecule has 2 aromatic heterocycles. The highest BCUT2D eigenvalue weighted by Gasteiger charge is 2.55. The first-order valence-corrected chi connectivity index (χ1v) is 11.9. The molecule has 10 heteroatoms. The highest BCUT2D eigenvalue weighted by molar-refractivity contribution is 8.10. The molecule has 0 spiro atoms. The quantitative estimate of drug-likeness (QED) is 0.390. The Morgan fingerprint density at radius 1 is 1.20 bits per heavy atom. The summed E-state index contributed by atoms with van der Waals surface area (Å²) in [6.07, 6.45) is 2.62. The fourth-order valence-electron chi connectivity index (χ4n) is 3.30. The van der Waals surface area contributed by atoms with Gasteiger partial charge >= 0.3 is 17.8 Å². The number of nitrogens with zero attached hydrogens (tertiary/aromatic N) is 2. The minimum Gasteiger partial charge on any atom is -0.281 e. The molecule has 0 radical (unpaired) electrons. The van der Waals surface area contributed by atoms with E-state index in [4.69, 9.17) is 4.84 Å².